The Morgan fingerprint density at radius 2 is 2.19 bits per heavy atom. The highest BCUT2D eigenvalue weighted by molar-refractivity contribution is 5.92. The topological polar surface area (TPSA) is 99.7 Å². The van der Waals surface area contributed by atoms with Gasteiger partial charge in [0.05, 0.1) is 18.9 Å². The van der Waals surface area contributed by atoms with Gasteiger partial charge in [-0.2, -0.15) is 5.10 Å². The minimum Gasteiger partial charge on any atom is -0.369 e. The molecule has 21 heavy (non-hydrogen) atoms. The first-order chi connectivity index (χ1) is 10.1. The summed E-state index contributed by atoms with van der Waals surface area (Å²) in [6, 6.07) is 0. The molecule has 112 valence electrons. The van der Waals surface area contributed by atoms with Crippen molar-refractivity contribution in [1.29, 1.82) is 0 Å². The van der Waals surface area contributed by atoms with Crippen LogP contribution in [0.5, 0.6) is 0 Å². The number of H-pyrrole nitrogens is 1. The van der Waals surface area contributed by atoms with Crippen LogP contribution in [0, 0.1) is 6.92 Å². The van der Waals surface area contributed by atoms with E-state index in [4.69, 9.17) is 0 Å². The largest absolute Gasteiger partial charge is 0.369 e. The van der Waals surface area contributed by atoms with Gasteiger partial charge in [0.15, 0.2) is 5.82 Å². The number of carbonyl (C=O) groups excluding carboxylic acids is 1. The second-order valence-electron chi connectivity index (χ2n) is 4.71. The first-order valence-electron chi connectivity index (χ1n) is 6.79. The van der Waals surface area contributed by atoms with E-state index in [9.17, 15) is 4.79 Å². The van der Waals surface area contributed by atoms with Crippen LogP contribution in [0.2, 0.25) is 0 Å². The van der Waals surface area contributed by atoms with Gasteiger partial charge >= 0.3 is 0 Å². The van der Waals surface area contributed by atoms with Gasteiger partial charge in [-0.15, -0.1) is 0 Å². The molecule has 2 rings (SSSR count). The Kier molecular flexibility index (Phi) is 4.81. The van der Waals surface area contributed by atoms with Crippen molar-refractivity contribution < 1.29 is 4.79 Å². The predicted octanol–water partition coefficient (Wildman–Crippen LogP) is 0.997. The zero-order valence-corrected chi connectivity index (χ0v) is 12.4. The van der Waals surface area contributed by atoms with Crippen LogP contribution in [0.15, 0.2) is 12.4 Å². The van der Waals surface area contributed by atoms with Gasteiger partial charge in [0.1, 0.15) is 17.3 Å². The maximum atomic E-state index is 12.3. The number of aromatic amines is 1. The average molecular weight is 289 g/mol. The molecule has 1 amide bonds. The molecule has 0 aliphatic carbocycles. The zero-order valence-electron chi connectivity index (χ0n) is 12.4. The van der Waals surface area contributed by atoms with E-state index >= 15 is 0 Å². The van der Waals surface area contributed by atoms with Crippen LogP contribution in [-0.4, -0.2) is 49.5 Å². The molecular formula is C13H19N7O. The predicted molar refractivity (Wildman–Crippen MR) is 77.7 cm³/mol. The molecule has 0 aromatic carbocycles. The van der Waals surface area contributed by atoms with Gasteiger partial charge in [-0.1, -0.05) is 6.92 Å². The van der Waals surface area contributed by atoms with Crippen LogP contribution in [0.25, 0.3) is 0 Å². The molecule has 0 saturated carbocycles. The van der Waals surface area contributed by atoms with Gasteiger partial charge < -0.3 is 10.2 Å². The Morgan fingerprint density at radius 1 is 1.38 bits per heavy atom. The number of nitrogens with zero attached hydrogens (tertiary/aromatic N) is 5. The standard InChI is InChI=1S/C13H19N7O/c1-4-5-15-11-7-14-6-10(17-11)13(21)20(3)8-12-16-9(2)18-19-12/h6-7H,4-5,8H2,1-3H3,(H,15,17)(H,16,18,19). The van der Waals surface area contributed by atoms with Crippen LogP contribution in [-0.2, 0) is 6.54 Å². The van der Waals surface area contributed by atoms with Gasteiger partial charge in [0.25, 0.3) is 5.91 Å². The summed E-state index contributed by atoms with van der Waals surface area (Å²) in [4.78, 5) is 26.3. The fourth-order valence-electron chi connectivity index (χ4n) is 1.75. The van der Waals surface area contributed by atoms with Crippen molar-refractivity contribution in [2.24, 2.45) is 0 Å². The third kappa shape index (κ3) is 3.98. The normalized spacial score (nSPS) is 10.4. The molecule has 2 heterocycles. The maximum Gasteiger partial charge on any atom is 0.274 e. The van der Waals surface area contributed by atoms with E-state index in [0.717, 1.165) is 18.8 Å². The summed E-state index contributed by atoms with van der Waals surface area (Å²) in [6.07, 6.45) is 4.04. The van der Waals surface area contributed by atoms with Crippen molar-refractivity contribution in [3.8, 4) is 0 Å². The Balaban J connectivity index is 2.04. The van der Waals surface area contributed by atoms with E-state index in [-0.39, 0.29) is 5.91 Å². The fourth-order valence-corrected chi connectivity index (χ4v) is 1.75. The summed E-state index contributed by atoms with van der Waals surface area (Å²) in [5.41, 5.74) is 0.297. The summed E-state index contributed by atoms with van der Waals surface area (Å²) in [5.74, 6) is 1.67. The molecule has 0 radical (unpaired) electrons. The van der Waals surface area contributed by atoms with Crippen LogP contribution >= 0.6 is 0 Å². The van der Waals surface area contributed by atoms with Crippen molar-refractivity contribution in [2.75, 3.05) is 18.9 Å². The van der Waals surface area contributed by atoms with Gasteiger partial charge in [0, 0.05) is 13.6 Å². The lowest BCUT2D eigenvalue weighted by molar-refractivity contribution is 0.0775. The van der Waals surface area contributed by atoms with Gasteiger partial charge in [-0.25, -0.2) is 9.97 Å². The molecule has 0 aliphatic heterocycles. The third-order valence-electron chi connectivity index (χ3n) is 2.78. The lowest BCUT2D eigenvalue weighted by Gasteiger charge is -2.14. The Bertz CT molecular complexity index is 610. The summed E-state index contributed by atoms with van der Waals surface area (Å²) < 4.78 is 0. The molecule has 2 aromatic heterocycles. The molecule has 0 atom stereocenters. The number of anilines is 1. The molecule has 0 spiro atoms. The number of aryl methyl sites for hydroxylation is 1. The number of hydrogen-bond donors (Lipinski definition) is 2. The molecule has 0 fully saturated rings. The highest BCUT2D eigenvalue weighted by Crippen LogP contribution is 2.06. The van der Waals surface area contributed by atoms with Crippen LogP contribution in [0.4, 0.5) is 5.82 Å². The van der Waals surface area contributed by atoms with Crippen molar-refractivity contribution in [2.45, 2.75) is 26.8 Å². The molecule has 2 aromatic rings. The fraction of sp³-hybridized carbons (Fsp3) is 0.462. The minimum absolute atomic E-state index is 0.217. The first kappa shape index (κ1) is 14.9. The number of carbonyl (C=O) groups is 1. The SMILES string of the molecule is CCCNc1cncc(C(=O)N(C)Cc2n[nH]c(C)n2)n1. The Hall–Kier alpha value is -2.51. The van der Waals surface area contributed by atoms with E-state index in [0.29, 0.717) is 23.9 Å². The van der Waals surface area contributed by atoms with Crippen LogP contribution in [0.1, 0.15) is 35.5 Å². The average Bonchev–Trinajstić information content (AvgIpc) is 2.89. The number of aromatic nitrogens is 5. The summed E-state index contributed by atoms with van der Waals surface area (Å²) in [7, 11) is 1.68. The number of rotatable bonds is 6. The highest BCUT2D eigenvalue weighted by atomic mass is 16.2. The quantitative estimate of drug-likeness (QED) is 0.823. The van der Waals surface area contributed by atoms with E-state index in [1.807, 2.05) is 6.92 Å². The van der Waals surface area contributed by atoms with Crippen molar-refractivity contribution in [3.05, 3.63) is 29.7 Å². The zero-order chi connectivity index (χ0) is 15.2. The number of nitrogens with one attached hydrogen (secondary N) is 2. The van der Waals surface area contributed by atoms with Crippen molar-refractivity contribution in [1.82, 2.24) is 30.0 Å². The first-order valence-corrected chi connectivity index (χ1v) is 6.79. The molecule has 8 heteroatoms. The van der Waals surface area contributed by atoms with E-state index < -0.39 is 0 Å². The molecule has 0 bridgehead atoms. The highest BCUT2D eigenvalue weighted by Gasteiger charge is 2.16. The molecular weight excluding hydrogens is 270 g/mol. The van der Waals surface area contributed by atoms with Gasteiger partial charge in [-0.3, -0.25) is 14.9 Å². The molecule has 8 nitrogen and oxygen atoms in total. The number of amides is 1. The molecule has 2 N–H and O–H groups in total. The Morgan fingerprint density at radius 3 is 2.86 bits per heavy atom. The van der Waals surface area contributed by atoms with Crippen LogP contribution in [0.3, 0.4) is 0 Å². The van der Waals surface area contributed by atoms with Crippen molar-refractivity contribution in [3.63, 3.8) is 0 Å². The summed E-state index contributed by atoms with van der Waals surface area (Å²) in [6.45, 7) is 4.98. The van der Waals surface area contributed by atoms with Crippen LogP contribution < -0.4 is 5.32 Å². The second kappa shape index (κ2) is 6.78. The maximum absolute atomic E-state index is 12.3. The third-order valence-corrected chi connectivity index (χ3v) is 2.78. The lowest BCUT2D eigenvalue weighted by atomic mass is 10.3. The summed E-state index contributed by atoms with van der Waals surface area (Å²) in [5, 5.41) is 9.87. The van der Waals surface area contributed by atoms with E-state index in [1.165, 1.54) is 11.1 Å². The lowest BCUT2D eigenvalue weighted by Crippen LogP contribution is -2.28. The van der Waals surface area contributed by atoms with E-state index in [2.05, 4.69) is 37.4 Å². The van der Waals surface area contributed by atoms with E-state index in [1.54, 1.807) is 13.2 Å². The minimum atomic E-state index is -0.217. The Labute approximate surface area is 123 Å². The monoisotopic (exact) mass is 289 g/mol. The second-order valence-corrected chi connectivity index (χ2v) is 4.71. The summed E-state index contributed by atoms with van der Waals surface area (Å²) >= 11 is 0. The smallest absolute Gasteiger partial charge is 0.274 e. The molecule has 0 unspecified atom stereocenters. The van der Waals surface area contributed by atoms with Gasteiger partial charge in [-0.05, 0) is 13.3 Å². The number of hydrogen-bond acceptors (Lipinski definition) is 6. The molecule has 0 saturated heterocycles. The van der Waals surface area contributed by atoms with Crippen molar-refractivity contribution >= 4 is 11.7 Å². The van der Waals surface area contributed by atoms with Gasteiger partial charge in [0.2, 0.25) is 0 Å². The molecule has 0 aliphatic rings.